The van der Waals surface area contributed by atoms with E-state index in [-0.39, 0.29) is 5.60 Å². The van der Waals surface area contributed by atoms with Gasteiger partial charge in [-0.3, -0.25) is 4.90 Å². The summed E-state index contributed by atoms with van der Waals surface area (Å²) < 4.78 is 0. The highest BCUT2D eigenvalue weighted by Gasteiger charge is 2.44. The first-order chi connectivity index (χ1) is 6.10. The van der Waals surface area contributed by atoms with Crippen LogP contribution in [0.2, 0.25) is 0 Å². The van der Waals surface area contributed by atoms with Gasteiger partial charge in [0, 0.05) is 19.6 Å². The van der Waals surface area contributed by atoms with Gasteiger partial charge >= 0.3 is 0 Å². The summed E-state index contributed by atoms with van der Waals surface area (Å²) in [6.07, 6.45) is 4.25. The van der Waals surface area contributed by atoms with Gasteiger partial charge in [-0.1, -0.05) is 20.3 Å². The molecule has 2 heteroatoms. The lowest BCUT2D eigenvalue weighted by Crippen LogP contribution is -2.65. The van der Waals surface area contributed by atoms with Gasteiger partial charge in [-0.05, 0) is 24.7 Å². The second-order valence-corrected chi connectivity index (χ2v) is 5.22. The molecule has 13 heavy (non-hydrogen) atoms. The number of rotatable bonds is 3. The van der Waals surface area contributed by atoms with Crippen molar-refractivity contribution in [1.29, 1.82) is 0 Å². The molecule has 0 atom stereocenters. The van der Waals surface area contributed by atoms with Gasteiger partial charge in [0.2, 0.25) is 0 Å². The molecular formula is C11H21NO. The number of likely N-dealkylation sites (tertiary alicyclic amines) is 1. The Labute approximate surface area is 80.9 Å². The van der Waals surface area contributed by atoms with Crippen LogP contribution >= 0.6 is 0 Å². The van der Waals surface area contributed by atoms with Gasteiger partial charge in [0.05, 0.1) is 5.60 Å². The Morgan fingerprint density at radius 2 is 2.00 bits per heavy atom. The lowest BCUT2D eigenvalue weighted by Gasteiger charge is -2.51. The van der Waals surface area contributed by atoms with Crippen LogP contribution in [0.5, 0.6) is 0 Å². The van der Waals surface area contributed by atoms with E-state index in [4.69, 9.17) is 0 Å². The van der Waals surface area contributed by atoms with E-state index in [2.05, 4.69) is 18.7 Å². The topological polar surface area (TPSA) is 23.5 Å². The van der Waals surface area contributed by atoms with Crippen LogP contribution in [-0.4, -0.2) is 35.2 Å². The number of nitrogens with zero attached hydrogens (tertiary/aromatic N) is 1. The maximum Gasteiger partial charge on any atom is 0.0922 e. The van der Waals surface area contributed by atoms with Gasteiger partial charge in [-0.2, -0.15) is 0 Å². The van der Waals surface area contributed by atoms with E-state index in [0.717, 1.165) is 19.0 Å². The van der Waals surface area contributed by atoms with Crippen molar-refractivity contribution in [2.75, 3.05) is 19.6 Å². The molecule has 0 aromatic rings. The molecule has 1 N–H and O–H groups in total. The van der Waals surface area contributed by atoms with Gasteiger partial charge in [-0.15, -0.1) is 0 Å². The minimum absolute atomic E-state index is 0.371. The molecule has 0 spiro atoms. The van der Waals surface area contributed by atoms with Crippen molar-refractivity contribution < 1.29 is 5.11 Å². The Bertz CT molecular complexity index is 181. The highest BCUT2D eigenvalue weighted by atomic mass is 16.3. The van der Waals surface area contributed by atoms with E-state index in [1.54, 1.807) is 0 Å². The van der Waals surface area contributed by atoms with Crippen LogP contribution in [0.15, 0.2) is 0 Å². The molecule has 1 aliphatic carbocycles. The number of hydrogen-bond acceptors (Lipinski definition) is 2. The molecule has 0 aromatic carbocycles. The van der Waals surface area contributed by atoms with E-state index in [9.17, 15) is 5.11 Å². The van der Waals surface area contributed by atoms with Crippen molar-refractivity contribution in [3.8, 4) is 0 Å². The molecule has 2 rings (SSSR count). The first-order valence-electron chi connectivity index (χ1n) is 5.55. The molecule has 1 heterocycles. The molecule has 1 aliphatic heterocycles. The maximum absolute atomic E-state index is 10.0. The summed E-state index contributed by atoms with van der Waals surface area (Å²) in [4.78, 5) is 2.41. The summed E-state index contributed by atoms with van der Waals surface area (Å²) in [5.74, 6) is 1.35. The fourth-order valence-electron chi connectivity index (χ4n) is 2.26. The minimum Gasteiger partial charge on any atom is -0.387 e. The Kier molecular flexibility index (Phi) is 2.37. The summed E-state index contributed by atoms with van der Waals surface area (Å²) in [6.45, 7) is 7.26. The first kappa shape index (κ1) is 9.47. The maximum atomic E-state index is 10.0. The zero-order chi connectivity index (χ0) is 9.47. The van der Waals surface area contributed by atoms with Gasteiger partial charge in [-0.25, -0.2) is 0 Å². The highest BCUT2D eigenvalue weighted by molar-refractivity contribution is 4.98. The zero-order valence-electron chi connectivity index (χ0n) is 8.79. The Hall–Kier alpha value is -0.0800. The van der Waals surface area contributed by atoms with Crippen LogP contribution in [0.3, 0.4) is 0 Å². The monoisotopic (exact) mass is 183 g/mol. The Morgan fingerprint density at radius 3 is 2.38 bits per heavy atom. The average molecular weight is 183 g/mol. The van der Waals surface area contributed by atoms with Crippen LogP contribution in [0.1, 0.15) is 33.1 Å². The van der Waals surface area contributed by atoms with E-state index >= 15 is 0 Å². The van der Waals surface area contributed by atoms with Gasteiger partial charge < -0.3 is 5.11 Å². The molecule has 2 aliphatic rings. The van der Waals surface area contributed by atoms with Crippen LogP contribution in [-0.2, 0) is 0 Å². The van der Waals surface area contributed by atoms with Crippen LogP contribution in [0.4, 0.5) is 0 Å². The standard InChI is InChI=1S/C11H21NO/c1-9(2)11(13)7-12(8-11)6-10-4-3-5-10/h9-10,13H,3-8H2,1-2H3. The van der Waals surface area contributed by atoms with Crippen molar-refractivity contribution in [2.45, 2.75) is 38.7 Å². The summed E-state index contributed by atoms with van der Waals surface area (Å²) in [7, 11) is 0. The molecule has 2 nitrogen and oxygen atoms in total. The lowest BCUT2D eigenvalue weighted by molar-refractivity contribution is -0.133. The largest absolute Gasteiger partial charge is 0.387 e. The molecular weight excluding hydrogens is 162 g/mol. The third-order valence-electron chi connectivity index (χ3n) is 3.81. The molecule has 1 saturated heterocycles. The van der Waals surface area contributed by atoms with Crippen molar-refractivity contribution in [2.24, 2.45) is 11.8 Å². The van der Waals surface area contributed by atoms with Crippen LogP contribution in [0.25, 0.3) is 0 Å². The molecule has 0 aromatic heterocycles. The number of aliphatic hydroxyl groups is 1. The predicted molar refractivity (Wildman–Crippen MR) is 53.6 cm³/mol. The molecule has 0 unspecified atom stereocenters. The molecule has 1 saturated carbocycles. The van der Waals surface area contributed by atoms with Crippen molar-refractivity contribution >= 4 is 0 Å². The van der Waals surface area contributed by atoms with Gasteiger partial charge in [0.25, 0.3) is 0 Å². The summed E-state index contributed by atoms with van der Waals surface area (Å²) >= 11 is 0. The van der Waals surface area contributed by atoms with Crippen molar-refractivity contribution in [3.63, 3.8) is 0 Å². The average Bonchev–Trinajstić information content (AvgIpc) is 1.91. The minimum atomic E-state index is -0.371. The summed E-state index contributed by atoms with van der Waals surface area (Å²) in [5.41, 5.74) is -0.371. The molecule has 0 bridgehead atoms. The highest BCUT2D eigenvalue weighted by Crippen LogP contribution is 2.33. The fraction of sp³-hybridized carbons (Fsp3) is 1.00. The van der Waals surface area contributed by atoms with Crippen molar-refractivity contribution in [3.05, 3.63) is 0 Å². The first-order valence-corrected chi connectivity index (χ1v) is 5.55. The second kappa shape index (κ2) is 3.25. The van der Waals surface area contributed by atoms with E-state index < -0.39 is 0 Å². The number of β-amino-alcohol motifs (C(OH)–C–C–N with tert-alkyl or cyclic N) is 1. The Morgan fingerprint density at radius 1 is 1.38 bits per heavy atom. The zero-order valence-corrected chi connectivity index (χ0v) is 8.79. The van der Waals surface area contributed by atoms with Gasteiger partial charge in [0.1, 0.15) is 0 Å². The fourth-order valence-corrected chi connectivity index (χ4v) is 2.26. The third-order valence-corrected chi connectivity index (χ3v) is 3.81. The Balaban J connectivity index is 1.71. The molecule has 0 amide bonds. The van der Waals surface area contributed by atoms with Crippen molar-refractivity contribution in [1.82, 2.24) is 4.90 Å². The van der Waals surface area contributed by atoms with Crippen LogP contribution < -0.4 is 0 Å². The SMILES string of the molecule is CC(C)C1(O)CN(CC2CCC2)C1. The van der Waals surface area contributed by atoms with E-state index in [1.165, 1.54) is 25.8 Å². The quantitative estimate of drug-likeness (QED) is 0.716. The normalized spacial score (nSPS) is 28.6. The molecule has 76 valence electrons. The van der Waals surface area contributed by atoms with E-state index in [1.807, 2.05) is 0 Å². The lowest BCUT2D eigenvalue weighted by atomic mass is 9.79. The predicted octanol–water partition coefficient (Wildman–Crippen LogP) is 1.49. The van der Waals surface area contributed by atoms with Crippen LogP contribution in [0, 0.1) is 11.8 Å². The second-order valence-electron chi connectivity index (χ2n) is 5.22. The summed E-state index contributed by atoms with van der Waals surface area (Å²) in [5, 5.41) is 10.0. The van der Waals surface area contributed by atoms with E-state index in [0.29, 0.717) is 5.92 Å². The van der Waals surface area contributed by atoms with Gasteiger partial charge in [0.15, 0.2) is 0 Å². The smallest absolute Gasteiger partial charge is 0.0922 e. The third kappa shape index (κ3) is 1.75. The molecule has 0 radical (unpaired) electrons. The summed E-state index contributed by atoms with van der Waals surface area (Å²) in [6, 6.07) is 0. The number of hydrogen-bond donors (Lipinski definition) is 1. The molecule has 2 fully saturated rings.